The number of hydrogen-bond donors (Lipinski definition) is 2. The molecule has 0 spiro atoms. The van der Waals surface area contributed by atoms with Crippen molar-refractivity contribution in [2.45, 2.75) is 6.10 Å². The van der Waals surface area contributed by atoms with E-state index in [0.717, 1.165) is 0 Å². The average molecular weight is 347 g/mol. The van der Waals surface area contributed by atoms with Crippen LogP contribution in [0, 0.1) is 0 Å². The van der Waals surface area contributed by atoms with E-state index in [1.165, 1.54) is 6.07 Å². The summed E-state index contributed by atoms with van der Waals surface area (Å²) in [5.41, 5.74) is 0. The van der Waals surface area contributed by atoms with Crippen molar-refractivity contribution in [2.75, 3.05) is 13.2 Å². The molecule has 1 atom stereocenters. The van der Waals surface area contributed by atoms with Crippen molar-refractivity contribution in [1.82, 2.24) is 4.72 Å². The smallest absolute Gasteiger partial charge is 0.274 e. The van der Waals surface area contributed by atoms with Gasteiger partial charge in [-0.15, -0.1) is 0 Å². The van der Waals surface area contributed by atoms with Crippen LogP contribution in [-0.2, 0) is 10.2 Å². The molecule has 0 fully saturated rings. The van der Waals surface area contributed by atoms with Gasteiger partial charge in [-0.1, -0.05) is 23.2 Å². The third-order valence-corrected chi connectivity index (χ3v) is 3.51. The summed E-state index contributed by atoms with van der Waals surface area (Å²) in [6, 6.07) is 3.06. The molecule has 0 radical (unpaired) electrons. The first-order valence-corrected chi connectivity index (χ1v) is 7.21. The van der Waals surface area contributed by atoms with Crippen molar-refractivity contribution in [3.05, 3.63) is 22.2 Å². The molecule has 3 N–H and O–H groups in total. The van der Waals surface area contributed by atoms with Gasteiger partial charge >= 0.3 is 0 Å². The Balaban J connectivity index is 0.00000180. The molecule has 2 rings (SSSR count). The van der Waals surface area contributed by atoms with E-state index in [1.54, 1.807) is 6.07 Å². The lowest BCUT2D eigenvalue weighted by atomic mass is 10.2. The Labute approximate surface area is 127 Å². The van der Waals surface area contributed by atoms with Gasteiger partial charge < -0.3 is 9.47 Å². The summed E-state index contributed by atoms with van der Waals surface area (Å²) >= 11 is 11.7. The summed E-state index contributed by atoms with van der Waals surface area (Å²) in [6.45, 7) is 0.200. The summed E-state index contributed by atoms with van der Waals surface area (Å²) in [7, 11) is -3.75. The molecular formula is C9H12Cl2N2O4S2. The van der Waals surface area contributed by atoms with E-state index in [1.807, 2.05) is 0 Å². The molecule has 6 nitrogen and oxygen atoms in total. The predicted molar refractivity (Wildman–Crippen MR) is 77.9 cm³/mol. The first-order valence-electron chi connectivity index (χ1n) is 4.91. The van der Waals surface area contributed by atoms with E-state index in [9.17, 15) is 8.42 Å². The number of ether oxygens (including phenoxy) is 2. The van der Waals surface area contributed by atoms with Crippen molar-refractivity contribution >= 4 is 46.9 Å². The number of halogens is 2. The summed E-state index contributed by atoms with van der Waals surface area (Å²) in [5, 5.41) is 5.51. The number of rotatable bonds is 3. The lowest BCUT2D eigenvalue weighted by Gasteiger charge is -2.26. The molecule has 1 aromatic carbocycles. The highest BCUT2D eigenvalue weighted by atomic mass is 35.5. The van der Waals surface area contributed by atoms with Crippen LogP contribution in [0.3, 0.4) is 0 Å². The zero-order valence-corrected chi connectivity index (χ0v) is 12.8. The average Bonchev–Trinajstić information content (AvgIpc) is 2.27. The third-order valence-electron chi connectivity index (χ3n) is 2.22. The predicted octanol–water partition coefficient (Wildman–Crippen LogP) is 1.04. The van der Waals surface area contributed by atoms with Crippen molar-refractivity contribution < 1.29 is 17.9 Å². The molecule has 1 aliphatic heterocycles. The van der Waals surface area contributed by atoms with Gasteiger partial charge in [-0.3, -0.25) is 0 Å². The third kappa shape index (κ3) is 4.59. The summed E-state index contributed by atoms with van der Waals surface area (Å²) in [6.07, 6.45) is -0.479. The molecule has 0 unspecified atom stereocenters. The maximum absolute atomic E-state index is 10.7. The van der Waals surface area contributed by atoms with Gasteiger partial charge in [0.25, 0.3) is 10.2 Å². The van der Waals surface area contributed by atoms with Crippen LogP contribution < -0.4 is 19.3 Å². The van der Waals surface area contributed by atoms with Gasteiger partial charge in [0.05, 0.1) is 16.6 Å². The highest BCUT2D eigenvalue weighted by molar-refractivity contribution is 7.87. The zero-order valence-electron chi connectivity index (χ0n) is 9.52. The van der Waals surface area contributed by atoms with Crippen molar-refractivity contribution in [2.24, 2.45) is 5.14 Å². The van der Waals surface area contributed by atoms with Crippen LogP contribution in [0.4, 0.5) is 0 Å². The second-order valence-electron chi connectivity index (χ2n) is 3.66. The standard InChI is InChI=1S/C9H10Cl2N2O4S.H2S/c10-6-1-8-9(2-7(6)11)17-5(4-16-8)3-13-18(12,14)15;/h1-2,5,13H,3-4H2,(H2,12,14,15);1H2/t5-;/m0./s1. The van der Waals surface area contributed by atoms with Crippen molar-refractivity contribution in [1.29, 1.82) is 0 Å². The number of fused-ring (bicyclic) bond motifs is 1. The largest absolute Gasteiger partial charge is 0.486 e. The van der Waals surface area contributed by atoms with Gasteiger partial charge in [0.15, 0.2) is 11.5 Å². The highest BCUT2D eigenvalue weighted by Gasteiger charge is 2.23. The van der Waals surface area contributed by atoms with Crippen molar-refractivity contribution in [3.63, 3.8) is 0 Å². The molecular weight excluding hydrogens is 335 g/mol. The normalized spacial score (nSPS) is 17.7. The molecule has 0 amide bonds. The van der Waals surface area contributed by atoms with Crippen molar-refractivity contribution in [3.8, 4) is 11.5 Å². The number of nitrogens with one attached hydrogen (secondary N) is 1. The van der Waals surface area contributed by atoms with Crippen LogP contribution >= 0.6 is 36.7 Å². The minimum Gasteiger partial charge on any atom is -0.486 e. The fourth-order valence-electron chi connectivity index (χ4n) is 1.42. The maximum atomic E-state index is 10.7. The molecule has 0 saturated heterocycles. The van der Waals surface area contributed by atoms with E-state index in [2.05, 4.69) is 4.72 Å². The van der Waals surface area contributed by atoms with E-state index in [4.69, 9.17) is 37.8 Å². The molecule has 108 valence electrons. The summed E-state index contributed by atoms with van der Waals surface area (Å²) in [4.78, 5) is 0. The number of nitrogens with two attached hydrogens (primary N) is 1. The maximum Gasteiger partial charge on any atom is 0.274 e. The Morgan fingerprint density at radius 2 is 1.89 bits per heavy atom. The number of benzene rings is 1. The first-order chi connectivity index (χ1) is 8.35. The van der Waals surface area contributed by atoms with Gasteiger partial charge in [-0.25, -0.2) is 5.14 Å². The summed E-state index contributed by atoms with van der Waals surface area (Å²) in [5.74, 6) is 0.883. The Morgan fingerprint density at radius 3 is 2.47 bits per heavy atom. The van der Waals surface area contributed by atoms with E-state index in [0.29, 0.717) is 21.5 Å². The minimum absolute atomic E-state index is 0. The molecule has 0 aliphatic carbocycles. The molecule has 1 aliphatic rings. The van der Waals surface area contributed by atoms with Gasteiger partial charge in [-0.05, 0) is 0 Å². The van der Waals surface area contributed by atoms with Crippen LogP contribution in [0.2, 0.25) is 10.0 Å². The summed E-state index contributed by atoms with van der Waals surface area (Å²) < 4.78 is 34.5. The molecule has 19 heavy (non-hydrogen) atoms. The monoisotopic (exact) mass is 346 g/mol. The molecule has 0 saturated carbocycles. The van der Waals surface area contributed by atoms with Crippen LogP contribution in [0.25, 0.3) is 0 Å². The molecule has 1 aromatic rings. The molecule has 0 aromatic heterocycles. The second kappa shape index (κ2) is 6.38. The first kappa shape index (κ1) is 16.7. The molecule has 0 bridgehead atoms. The fraction of sp³-hybridized carbons (Fsp3) is 0.333. The van der Waals surface area contributed by atoms with Crippen LogP contribution in [0.5, 0.6) is 11.5 Å². The van der Waals surface area contributed by atoms with E-state index >= 15 is 0 Å². The van der Waals surface area contributed by atoms with Gasteiger partial charge in [0.1, 0.15) is 12.7 Å². The van der Waals surface area contributed by atoms with Gasteiger partial charge in [0.2, 0.25) is 0 Å². The Hall–Kier alpha value is -0.380. The van der Waals surface area contributed by atoms with Gasteiger partial charge in [-0.2, -0.15) is 26.6 Å². The van der Waals surface area contributed by atoms with Crippen LogP contribution in [-0.4, -0.2) is 27.7 Å². The van der Waals surface area contributed by atoms with Crippen LogP contribution in [0.15, 0.2) is 12.1 Å². The van der Waals surface area contributed by atoms with E-state index in [-0.39, 0.29) is 26.6 Å². The lowest BCUT2D eigenvalue weighted by molar-refractivity contribution is 0.0943. The Kier molecular flexibility index (Phi) is 5.60. The Morgan fingerprint density at radius 1 is 1.32 bits per heavy atom. The fourth-order valence-corrected chi connectivity index (χ4v) is 2.15. The zero-order chi connectivity index (χ0) is 13.3. The molecule has 10 heteroatoms. The number of hydrogen-bond acceptors (Lipinski definition) is 4. The lowest BCUT2D eigenvalue weighted by Crippen LogP contribution is -2.42. The quantitative estimate of drug-likeness (QED) is 0.855. The van der Waals surface area contributed by atoms with Gasteiger partial charge in [0, 0.05) is 12.1 Å². The topological polar surface area (TPSA) is 90.7 Å². The molecule has 1 heterocycles. The van der Waals surface area contributed by atoms with Crippen LogP contribution in [0.1, 0.15) is 0 Å². The SMILES string of the molecule is NS(=O)(=O)NC[C@H]1COc2cc(Cl)c(Cl)cc2O1.S. The second-order valence-corrected chi connectivity index (χ2v) is 5.85. The van der Waals surface area contributed by atoms with E-state index < -0.39 is 16.3 Å². The Bertz CT molecular complexity index is 568. The highest BCUT2D eigenvalue weighted by Crippen LogP contribution is 2.38. The minimum atomic E-state index is -3.75.